The minimum absolute atomic E-state index is 0.572. The monoisotopic (exact) mass is 244 g/mol. The molecule has 0 aromatic carbocycles. The molecule has 74 valence electrons. The van der Waals surface area contributed by atoms with Crippen LogP contribution in [0.3, 0.4) is 0 Å². The Morgan fingerprint density at radius 2 is 2.36 bits per heavy atom. The first-order valence-corrected chi connectivity index (χ1v) is 6.24. The summed E-state index contributed by atoms with van der Waals surface area (Å²) in [5, 5.41) is 5.46. The predicted octanol–water partition coefficient (Wildman–Crippen LogP) is 3.49. The Morgan fingerprint density at radius 1 is 1.50 bits per heavy atom. The van der Waals surface area contributed by atoms with Gasteiger partial charge in [0.25, 0.3) is 0 Å². The van der Waals surface area contributed by atoms with Gasteiger partial charge >= 0.3 is 0 Å². The average Bonchev–Trinajstić information content (AvgIpc) is 2.75. The molecule has 0 amide bonds. The molecule has 0 unspecified atom stereocenters. The van der Waals surface area contributed by atoms with E-state index >= 15 is 0 Å². The quantitative estimate of drug-likeness (QED) is 0.822. The predicted molar refractivity (Wildman–Crippen MR) is 63.6 cm³/mol. The third-order valence-corrected chi connectivity index (χ3v) is 3.90. The second kappa shape index (κ2) is 4.29. The maximum absolute atomic E-state index is 5.76. The molecule has 0 aliphatic carbocycles. The van der Waals surface area contributed by atoms with Crippen molar-refractivity contribution in [3.8, 4) is 0 Å². The van der Waals surface area contributed by atoms with E-state index in [1.165, 1.54) is 4.88 Å². The molecule has 14 heavy (non-hydrogen) atoms. The zero-order valence-electron chi connectivity index (χ0n) is 7.61. The smallest absolute Gasteiger partial charge is 0.186 e. The van der Waals surface area contributed by atoms with Crippen molar-refractivity contribution in [2.45, 2.75) is 6.54 Å². The van der Waals surface area contributed by atoms with Crippen molar-refractivity contribution in [2.75, 3.05) is 11.9 Å². The number of anilines is 1. The number of hydrogen-bond donors (Lipinski definition) is 0. The maximum atomic E-state index is 5.76. The van der Waals surface area contributed by atoms with Crippen LogP contribution in [-0.4, -0.2) is 12.0 Å². The Hall–Kier alpha value is -0.580. The van der Waals surface area contributed by atoms with Gasteiger partial charge in [0.15, 0.2) is 5.13 Å². The van der Waals surface area contributed by atoms with Gasteiger partial charge in [0, 0.05) is 17.3 Å². The summed E-state index contributed by atoms with van der Waals surface area (Å²) in [6.45, 7) is 0.890. The van der Waals surface area contributed by atoms with Crippen LogP contribution >= 0.6 is 34.3 Å². The van der Waals surface area contributed by atoms with Crippen LogP contribution in [0.1, 0.15) is 4.88 Å². The van der Waals surface area contributed by atoms with E-state index in [1.54, 1.807) is 22.7 Å². The second-order valence-electron chi connectivity index (χ2n) is 2.89. The van der Waals surface area contributed by atoms with Gasteiger partial charge in [0.2, 0.25) is 0 Å². The van der Waals surface area contributed by atoms with Crippen LogP contribution in [0.2, 0.25) is 5.15 Å². The molecule has 2 heterocycles. The fourth-order valence-electron chi connectivity index (χ4n) is 1.12. The van der Waals surface area contributed by atoms with Crippen molar-refractivity contribution < 1.29 is 0 Å². The van der Waals surface area contributed by atoms with Crippen LogP contribution in [0, 0.1) is 0 Å². The number of aromatic nitrogens is 1. The molecule has 0 radical (unpaired) electrons. The van der Waals surface area contributed by atoms with Crippen LogP contribution < -0.4 is 4.90 Å². The highest BCUT2D eigenvalue weighted by molar-refractivity contribution is 7.14. The van der Waals surface area contributed by atoms with Gasteiger partial charge in [-0.1, -0.05) is 17.7 Å². The van der Waals surface area contributed by atoms with Gasteiger partial charge in [-0.05, 0) is 11.4 Å². The van der Waals surface area contributed by atoms with Gasteiger partial charge in [0.05, 0.1) is 6.54 Å². The number of nitrogens with zero attached hydrogens (tertiary/aromatic N) is 2. The molecule has 0 spiro atoms. The molecule has 0 saturated carbocycles. The summed E-state index contributed by atoms with van der Waals surface area (Å²) in [7, 11) is 2.02. The lowest BCUT2D eigenvalue weighted by atomic mass is 10.4. The number of halogens is 1. The minimum Gasteiger partial charge on any atom is -0.346 e. The van der Waals surface area contributed by atoms with Crippen LogP contribution in [0.15, 0.2) is 22.9 Å². The van der Waals surface area contributed by atoms with Crippen LogP contribution in [-0.2, 0) is 6.54 Å². The number of hydrogen-bond acceptors (Lipinski definition) is 4. The lowest BCUT2D eigenvalue weighted by Gasteiger charge is -2.13. The van der Waals surface area contributed by atoms with Crippen molar-refractivity contribution in [3.63, 3.8) is 0 Å². The molecule has 2 aromatic rings. The largest absolute Gasteiger partial charge is 0.346 e. The van der Waals surface area contributed by atoms with Crippen LogP contribution in [0.4, 0.5) is 5.13 Å². The van der Waals surface area contributed by atoms with Gasteiger partial charge in [0.1, 0.15) is 5.15 Å². The lowest BCUT2D eigenvalue weighted by Crippen LogP contribution is -2.14. The van der Waals surface area contributed by atoms with Crippen molar-refractivity contribution in [1.82, 2.24) is 4.98 Å². The second-order valence-corrected chi connectivity index (χ2v) is 5.14. The van der Waals surface area contributed by atoms with E-state index in [0.717, 1.165) is 11.7 Å². The van der Waals surface area contributed by atoms with Crippen molar-refractivity contribution in [1.29, 1.82) is 0 Å². The zero-order valence-corrected chi connectivity index (χ0v) is 9.99. The summed E-state index contributed by atoms with van der Waals surface area (Å²) >= 11 is 9.08. The standard InChI is InChI=1S/C9H9ClN2S2/c1-12(5-7-3-2-4-13-7)9-11-8(10)6-14-9/h2-4,6H,5H2,1H3. The molecule has 0 fully saturated rings. The summed E-state index contributed by atoms with van der Waals surface area (Å²) < 4.78 is 0. The van der Waals surface area contributed by atoms with Crippen molar-refractivity contribution in [2.24, 2.45) is 0 Å². The van der Waals surface area contributed by atoms with Crippen LogP contribution in [0.5, 0.6) is 0 Å². The highest BCUT2D eigenvalue weighted by atomic mass is 35.5. The topological polar surface area (TPSA) is 16.1 Å². The van der Waals surface area contributed by atoms with E-state index in [4.69, 9.17) is 11.6 Å². The third-order valence-electron chi connectivity index (χ3n) is 1.76. The molecule has 5 heteroatoms. The summed E-state index contributed by atoms with van der Waals surface area (Å²) in [6.07, 6.45) is 0. The Bertz CT molecular complexity index is 397. The number of rotatable bonds is 3. The van der Waals surface area contributed by atoms with E-state index in [2.05, 4.69) is 27.4 Å². The van der Waals surface area contributed by atoms with Gasteiger partial charge < -0.3 is 4.90 Å². The Balaban J connectivity index is 2.06. The van der Waals surface area contributed by atoms with E-state index < -0.39 is 0 Å². The molecule has 0 bridgehead atoms. The van der Waals surface area contributed by atoms with Crippen LogP contribution in [0.25, 0.3) is 0 Å². The lowest BCUT2D eigenvalue weighted by molar-refractivity contribution is 0.931. The van der Waals surface area contributed by atoms with Gasteiger partial charge in [-0.2, -0.15) is 0 Å². The molecule has 0 aliphatic rings. The Labute approximate surface area is 95.8 Å². The highest BCUT2D eigenvalue weighted by Crippen LogP contribution is 2.24. The molecule has 0 atom stereocenters. The molecule has 2 rings (SSSR count). The number of thiophene rings is 1. The first kappa shape index (κ1) is 9.96. The third kappa shape index (κ3) is 2.26. The summed E-state index contributed by atoms with van der Waals surface area (Å²) in [5.41, 5.74) is 0. The molecule has 0 N–H and O–H groups in total. The highest BCUT2D eigenvalue weighted by Gasteiger charge is 2.06. The van der Waals surface area contributed by atoms with E-state index in [0.29, 0.717) is 5.15 Å². The van der Waals surface area contributed by atoms with Gasteiger partial charge in [-0.3, -0.25) is 0 Å². The minimum atomic E-state index is 0.572. The van der Waals surface area contributed by atoms with Gasteiger partial charge in [-0.25, -0.2) is 4.98 Å². The molecular weight excluding hydrogens is 236 g/mol. The molecule has 0 aliphatic heterocycles. The fraction of sp³-hybridized carbons (Fsp3) is 0.222. The van der Waals surface area contributed by atoms with E-state index in [9.17, 15) is 0 Å². The Kier molecular flexibility index (Phi) is 3.05. The van der Waals surface area contributed by atoms with Crippen molar-refractivity contribution >= 4 is 39.4 Å². The van der Waals surface area contributed by atoms with Crippen molar-refractivity contribution in [3.05, 3.63) is 32.9 Å². The molecular formula is C9H9ClN2S2. The SMILES string of the molecule is CN(Cc1cccs1)c1nc(Cl)cs1. The normalized spacial score (nSPS) is 10.4. The summed E-state index contributed by atoms with van der Waals surface area (Å²) in [5.74, 6) is 0. The van der Waals surface area contributed by atoms with Gasteiger partial charge in [-0.15, -0.1) is 22.7 Å². The first-order valence-electron chi connectivity index (χ1n) is 4.10. The zero-order chi connectivity index (χ0) is 9.97. The first-order chi connectivity index (χ1) is 6.75. The fourth-order valence-corrected chi connectivity index (χ4v) is 2.80. The summed E-state index contributed by atoms with van der Waals surface area (Å²) in [6, 6.07) is 4.18. The number of thiazole rings is 1. The molecule has 0 saturated heterocycles. The van der Waals surface area contributed by atoms with E-state index in [1.807, 2.05) is 12.4 Å². The molecule has 2 aromatic heterocycles. The maximum Gasteiger partial charge on any atom is 0.186 e. The van der Waals surface area contributed by atoms with E-state index in [-0.39, 0.29) is 0 Å². The molecule has 2 nitrogen and oxygen atoms in total. The average molecular weight is 245 g/mol. The summed E-state index contributed by atoms with van der Waals surface area (Å²) in [4.78, 5) is 7.64. The Morgan fingerprint density at radius 3 is 2.93 bits per heavy atom.